The van der Waals surface area contributed by atoms with Gasteiger partial charge >= 0.3 is 0 Å². The van der Waals surface area contributed by atoms with E-state index in [0.717, 1.165) is 31.5 Å². The third-order valence-electron chi connectivity index (χ3n) is 3.80. The minimum atomic E-state index is -0.414. The molecule has 0 saturated carbocycles. The number of nitrogens with zero attached hydrogens (tertiary/aromatic N) is 3. The molecule has 7 heteroatoms. The second-order valence-electron chi connectivity index (χ2n) is 5.21. The van der Waals surface area contributed by atoms with Gasteiger partial charge in [-0.1, -0.05) is 17.3 Å². The average molecular weight is 288 g/mol. The van der Waals surface area contributed by atoms with E-state index < -0.39 is 4.92 Å². The van der Waals surface area contributed by atoms with E-state index in [-0.39, 0.29) is 11.6 Å². The Morgan fingerprint density at radius 1 is 1.38 bits per heavy atom. The fourth-order valence-corrected chi connectivity index (χ4v) is 2.67. The lowest BCUT2D eigenvalue weighted by atomic mass is 9.98. The number of aromatic nitrogens is 2. The lowest BCUT2D eigenvalue weighted by molar-refractivity contribution is -0.384. The fraction of sp³-hybridized carbons (Fsp3) is 0.429. The van der Waals surface area contributed by atoms with Crippen LogP contribution in [-0.2, 0) is 0 Å². The quantitative estimate of drug-likeness (QED) is 0.688. The van der Waals surface area contributed by atoms with Crippen LogP contribution in [0.1, 0.15) is 30.2 Å². The molecule has 1 aliphatic heterocycles. The van der Waals surface area contributed by atoms with E-state index in [2.05, 4.69) is 15.5 Å². The van der Waals surface area contributed by atoms with Gasteiger partial charge in [0.2, 0.25) is 11.7 Å². The molecule has 1 N–H and O–H groups in total. The molecule has 21 heavy (non-hydrogen) atoms. The van der Waals surface area contributed by atoms with Crippen molar-refractivity contribution in [3.8, 4) is 11.4 Å². The van der Waals surface area contributed by atoms with Gasteiger partial charge in [0.15, 0.2) is 0 Å². The molecule has 1 fully saturated rings. The number of hydrogen-bond acceptors (Lipinski definition) is 6. The maximum absolute atomic E-state index is 11.2. The highest BCUT2D eigenvalue weighted by atomic mass is 16.6. The number of benzene rings is 1. The second kappa shape index (κ2) is 5.61. The van der Waals surface area contributed by atoms with E-state index in [1.807, 2.05) is 13.0 Å². The Bertz CT molecular complexity index is 662. The van der Waals surface area contributed by atoms with Crippen LogP contribution in [0.4, 0.5) is 5.69 Å². The molecule has 2 heterocycles. The summed E-state index contributed by atoms with van der Waals surface area (Å²) in [5, 5.41) is 18.4. The SMILES string of the molecule is Cc1cccc([N+](=O)[O-])c1-c1noc(C2CCNCC2)n1. The molecule has 0 bridgehead atoms. The Balaban J connectivity index is 1.98. The summed E-state index contributed by atoms with van der Waals surface area (Å²) in [6.45, 7) is 3.66. The molecular formula is C14H16N4O3. The summed E-state index contributed by atoms with van der Waals surface area (Å²) in [5.41, 5.74) is 1.21. The Labute approximate surface area is 121 Å². The standard InChI is InChI=1S/C14H16N4O3/c1-9-3-2-4-11(18(19)20)12(9)13-16-14(21-17-13)10-5-7-15-8-6-10/h2-4,10,15H,5-8H2,1H3. The summed E-state index contributed by atoms with van der Waals surface area (Å²) in [6.07, 6.45) is 1.88. The first-order valence-electron chi connectivity index (χ1n) is 6.95. The van der Waals surface area contributed by atoms with Crippen molar-refractivity contribution >= 4 is 5.69 Å². The van der Waals surface area contributed by atoms with Crippen LogP contribution < -0.4 is 5.32 Å². The molecule has 1 aliphatic rings. The molecule has 7 nitrogen and oxygen atoms in total. The number of nitrogens with one attached hydrogen (secondary N) is 1. The van der Waals surface area contributed by atoms with E-state index in [0.29, 0.717) is 17.3 Å². The summed E-state index contributed by atoms with van der Waals surface area (Å²) in [7, 11) is 0. The van der Waals surface area contributed by atoms with Crippen molar-refractivity contribution in [1.29, 1.82) is 0 Å². The average Bonchev–Trinajstić information content (AvgIpc) is 2.97. The van der Waals surface area contributed by atoms with Gasteiger partial charge in [-0.15, -0.1) is 0 Å². The molecular weight excluding hydrogens is 272 g/mol. The van der Waals surface area contributed by atoms with E-state index in [1.165, 1.54) is 6.07 Å². The number of hydrogen-bond donors (Lipinski definition) is 1. The van der Waals surface area contributed by atoms with Crippen molar-refractivity contribution < 1.29 is 9.45 Å². The van der Waals surface area contributed by atoms with E-state index in [9.17, 15) is 10.1 Å². The predicted octanol–water partition coefficient (Wildman–Crippen LogP) is 2.42. The van der Waals surface area contributed by atoms with Crippen LogP contribution in [0.25, 0.3) is 11.4 Å². The lowest BCUT2D eigenvalue weighted by Crippen LogP contribution is -2.26. The largest absolute Gasteiger partial charge is 0.339 e. The second-order valence-corrected chi connectivity index (χ2v) is 5.21. The maximum atomic E-state index is 11.2. The van der Waals surface area contributed by atoms with Gasteiger partial charge < -0.3 is 9.84 Å². The van der Waals surface area contributed by atoms with Gasteiger partial charge in [-0.3, -0.25) is 10.1 Å². The molecule has 0 aliphatic carbocycles. The van der Waals surface area contributed by atoms with Crippen molar-refractivity contribution in [2.24, 2.45) is 0 Å². The zero-order valence-electron chi connectivity index (χ0n) is 11.7. The fourth-order valence-electron chi connectivity index (χ4n) is 2.67. The number of nitro groups is 1. The van der Waals surface area contributed by atoms with E-state index in [4.69, 9.17) is 4.52 Å². The zero-order valence-corrected chi connectivity index (χ0v) is 11.7. The molecule has 1 aromatic heterocycles. The van der Waals surface area contributed by atoms with Crippen LogP contribution in [0.5, 0.6) is 0 Å². The van der Waals surface area contributed by atoms with Gasteiger partial charge in [0.05, 0.1) is 4.92 Å². The zero-order chi connectivity index (χ0) is 14.8. The molecule has 110 valence electrons. The molecule has 0 unspecified atom stereocenters. The molecule has 2 aromatic rings. The Kier molecular flexibility index (Phi) is 3.66. The van der Waals surface area contributed by atoms with Crippen molar-refractivity contribution in [2.75, 3.05) is 13.1 Å². The monoisotopic (exact) mass is 288 g/mol. The molecule has 0 spiro atoms. The van der Waals surface area contributed by atoms with Gasteiger partial charge in [-0.25, -0.2) is 0 Å². The molecule has 0 amide bonds. The van der Waals surface area contributed by atoms with Crippen LogP contribution in [0, 0.1) is 17.0 Å². The summed E-state index contributed by atoms with van der Waals surface area (Å²) in [5.74, 6) is 1.10. The summed E-state index contributed by atoms with van der Waals surface area (Å²) >= 11 is 0. The van der Waals surface area contributed by atoms with Gasteiger partial charge in [0, 0.05) is 12.0 Å². The minimum absolute atomic E-state index is 0.00709. The Hall–Kier alpha value is -2.28. The summed E-state index contributed by atoms with van der Waals surface area (Å²) in [4.78, 5) is 15.2. The highest BCUT2D eigenvalue weighted by Crippen LogP contribution is 2.32. The minimum Gasteiger partial charge on any atom is -0.339 e. The first-order valence-corrected chi connectivity index (χ1v) is 6.95. The van der Waals surface area contributed by atoms with Crippen molar-refractivity contribution in [3.05, 3.63) is 39.8 Å². The van der Waals surface area contributed by atoms with E-state index >= 15 is 0 Å². The van der Waals surface area contributed by atoms with Gasteiger partial charge in [-0.05, 0) is 38.4 Å². The van der Waals surface area contributed by atoms with Crippen molar-refractivity contribution in [1.82, 2.24) is 15.5 Å². The Morgan fingerprint density at radius 2 is 2.14 bits per heavy atom. The number of rotatable bonds is 3. The van der Waals surface area contributed by atoms with Gasteiger partial charge in [0.25, 0.3) is 5.69 Å². The molecule has 3 rings (SSSR count). The van der Waals surface area contributed by atoms with Gasteiger partial charge in [-0.2, -0.15) is 4.98 Å². The number of nitro benzene ring substituents is 1. The van der Waals surface area contributed by atoms with Crippen LogP contribution in [0.2, 0.25) is 0 Å². The molecule has 0 radical (unpaired) electrons. The highest BCUT2D eigenvalue weighted by Gasteiger charge is 2.25. The number of aryl methyl sites for hydroxylation is 1. The van der Waals surface area contributed by atoms with Gasteiger partial charge in [0.1, 0.15) is 5.56 Å². The lowest BCUT2D eigenvalue weighted by Gasteiger charge is -2.18. The molecule has 1 aromatic carbocycles. The van der Waals surface area contributed by atoms with Crippen molar-refractivity contribution in [2.45, 2.75) is 25.7 Å². The first kappa shape index (κ1) is 13.7. The summed E-state index contributed by atoms with van der Waals surface area (Å²) in [6, 6.07) is 4.93. The topological polar surface area (TPSA) is 94.1 Å². The van der Waals surface area contributed by atoms with E-state index in [1.54, 1.807) is 6.07 Å². The molecule has 1 saturated heterocycles. The third-order valence-corrected chi connectivity index (χ3v) is 3.80. The summed E-state index contributed by atoms with van der Waals surface area (Å²) < 4.78 is 5.34. The van der Waals surface area contributed by atoms with Crippen LogP contribution >= 0.6 is 0 Å². The van der Waals surface area contributed by atoms with Crippen LogP contribution in [0.15, 0.2) is 22.7 Å². The highest BCUT2D eigenvalue weighted by molar-refractivity contribution is 5.71. The maximum Gasteiger partial charge on any atom is 0.280 e. The molecule has 0 atom stereocenters. The van der Waals surface area contributed by atoms with Crippen LogP contribution in [-0.4, -0.2) is 28.2 Å². The number of piperidine rings is 1. The smallest absolute Gasteiger partial charge is 0.280 e. The van der Waals surface area contributed by atoms with Crippen molar-refractivity contribution in [3.63, 3.8) is 0 Å². The Morgan fingerprint density at radius 3 is 2.86 bits per heavy atom. The van der Waals surface area contributed by atoms with Crippen LogP contribution in [0.3, 0.4) is 0 Å². The first-order chi connectivity index (χ1) is 10.2. The normalized spacial score (nSPS) is 16.0. The third kappa shape index (κ3) is 2.64. The predicted molar refractivity (Wildman–Crippen MR) is 76.0 cm³/mol.